The number of hydrogen-bond donors (Lipinski definition) is 0. The van der Waals surface area contributed by atoms with Gasteiger partial charge in [0.25, 0.3) is 5.91 Å². The molecule has 7 nitrogen and oxygen atoms in total. The molecule has 1 amide bonds. The third kappa shape index (κ3) is 3.38. The van der Waals surface area contributed by atoms with E-state index < -0.39 is 0 Å². The highest BCUT2D eigenvalue weighted by molar-refractivity contribution is 5.94. The summed E-state index contributed by atoms with van der Waals surface area (Å²) in [6, 6.07) is 7.25. The average Bonchev–Trinajstić information content (AvgIpc) is 2.96. The number of ether oxygens (including phenoxy) is 1. The summed E-state index contributed by atoms with van der Waals surface area (Å²) in [5.41, 5.74) is 0.513. The van der Waals surface area contributed by atoms with Crippen LogP contribution in [0.15, 0.2) is 29.1 Å². The molecule has 1 fully saturated rings. The first-order valence-electron chi connectivity index (χ1n) is 9.01. The van der Waals surface area contributed by atoms with E-state index in [-0.39, 0.29) is 23.6 Å². The van der Waals surface area contributed by atoms with Crippen LogP contribution in [0, 0.1) is 0 Å². The van der Waals surface area contributed by atoms with Crippen molar-refractivity contribution in [2.45, 2.75) is 38.6 Å². The summed E-state index contributed by atoms with van der Waals surface area (Å²) >= 11 is 0. The summed E-state index contributed by atoms with van der Waals surface area (Å²) < 4.78 is 8.35. The smallest absolute Gasteiger partial charge is 0.345 e. The monoisotopic (exact) mass is 358 g/mol. The van der Waals surface area contributed by atoms with Gasteiger partial charge in [-0.05, 0) is 44.9 Å². The molecule has 0 radical (unpaired) electrons. The molecule has 1 aliphatic heterocycles. The Morgan fingerprint density at radius 1 is 1.35 bits per heavy atom. The lowest BCUT2D eigenvalue weighted by molar-refractivity contribution is 0.0702. The van der Waals surface area contributed by atoms with Crippen LogP contribution in [0.5, 0.6) is 5.75 Å². The SMILES string of the molecule is COc1cccc(C(=O)N2CCCC(c3nn(C)c(=O)n3C(C)C)C2)c1. The van der Waals surface area contributed by atoms with Crippen LogP contribution in [-0.4, -0.2) is 45.4 Å². The Bertz CT molecular complexity index is 853. The number of benzene rings is 1. The lowest BCUT2D eigenvalue weighted by atomic mass is 9.96. The zero-order valence-electron chi connectivity index (χ0n) is 15.8. The van der Waals surface area contributed by atoms with Gasteiger partial charge in [0.15, 0.2) is 0 Å². The number of likely N-dealkylation sites (tertiary alicyclic amines) is 1. The number of nitrogens with zero attached hydrogens (tertiary/aromatic N) is 4. The van der Waals surface area contributed by atoms with Gasteiger partial charge in [-0.1, -0.05) is 6.07 Å². The van der Waals surface area contributed by atoms with Gasteiger partial charge in [-0.15, -0.1) is 0 Å². The van der Waals surface area contributed by atoms with Crippen molar-refractivity contribution in [1.29, 1.82) is 0 Å². The Hall–Kier alpha value is -2.57. The molecule has 26 heavy (non-hydrogen) atoms. The predicted molar refractivity (Wildman–Crippen MR) is 98.7 cm³/mol. The molecule has 0 spiro atoms. The first kappa shape index (κ1) is 18.2. The fraction of sp³-hybridized carbons (Fsp3) is 0.526. The lowest BCUT2D eigenvalue weighted by Gasteiger charge is -2.32. The van der Waals surface area contributed by atoms with Crippen LogP contribution in [0.3, 0.4) is 0 Å². The highest BCUT2D eigenvalue weighted by atomic mass is 16.5. The predicted octanol–water partition coefficient (Wildman–Crippen LogP) is 2.19. The number of hydrogen-bond acceptors (Lipinski definition) is 4. The van der Waals surface area contributed by atoms with E-state index in [2.05, 4.69) is 5.10 Å². The Morgan fingerprint density at radius 2 is 2.12 bits per heavy atom. The molecule has 1 saturated heterocycles. The maximum atomic E-state index is 12.9. The standard InChI is InChI=1S/C19H26N4O3/c1-13(2)23-17(20-21(3)19(23)25)15-8-6-10-22(12-15)18(24)14-7-5-9-16(11-14)26-4/h5,7,9,11,13,15H,6,8,10,12H2,1-4H3. The lowest BCUT2D eigenvalue weighted by Crippen LogP contribution is -2.40. The average molecular weight is 358 g/mol. The van der Waals surface area contributed by atoms with Gasteiger partial charge in [0.1, 0.15) is 11.6 Å². The molecule has 1 aromatic carbocycles. The molecular formula is C19H26N4O3. The Kier molecular flexibility index (Phi) is 5.15. The molecule has 1 atom stereocenters. The van der Waals surface area contributed by atoms with E-state index in [0.29, 0.717) is 24.4 Å². The third-order valence-electron chi connectivity index (χ3n) is 4.89. The Labute approximate surface area is 153 Å². The number of aromatic nitrogens is 3. The molecule has 1 unspecified atom stereocenters. The molecule has 1 aliphatic rings. The highest BCUT2D eigenvalue weighted by Gasteiger charge is 2.30. The van der Waals surface area contributed by atoms with E-state index in [4.69, 9.17) is 4.74 Å². The van der Waals surface area contributed by atoms with E-state index >= 15 is 0 Å². The molecule has 3 rings (SSSR count). The van der Waals surface area contributed by atoms with Crippen molar-refractivity contribution in [3.05, 3.63) is 46.1 Å². The second kappa shape index (κ2) is 7.35. The van der Waals surface area contributed by atoms with Crippen molar-refractivity contribution in [3.63, 3.8) is 0 Å². The maximum Gasteiger partial charge on any atom is 0.345 e. The Morgan fingerprint density at radius 3 is 2.81 bits per heavy atom. The van der Waals surface area contributed by atoms with E-state index in [1.165, 1.54) is 4.68 Å². The second-order valence-electron chi connectivity index (χ2n) is 7.05. The minimum atomic E-state index is -0.105. The zero-order chi connectivity index (χ0) is 18.8. The molecule has 2 aromatic rings. The summed E-state index contributed by atoms with van der Waals surface area (Å²) in [6.07, 6.45) is 1.81. The summed E-state index contributed by atoms with van der Waals surface area (Å²) in [6.45, 7) is 5.24. The largest absolute Gasteiger partial charge is 0.497 e. The van der Waals surface area contributed by atoms with Gasteiger partial charge in [0.2, 0.25) is 0 Å². The molecule has 0 aliphatic carbocycles. The normalized spacial score (nSPS) is 17.6. The van der Waals surface area contributed by atoms with Gasteiger partial charge in [-0.25, -0.2) is 9.48 Å². The molecule has 140 valence electrons. The van der Waals surface area contributed by atoms with E-state index in [9.17, 15) is 9.59 Å². The summed E-state index contributed by atoms with van der Waals surface area (Å²) in [5, 5.41) is 4.46. The summed E-state index contributed by atoms with van der Waals surface area (Å²) in [4.78, 5) is 27.1. The molecular weight excluding hydrogens is 332 g/mol. The van der Waals surface area contributed by atoms with Crippen molar-refractivity contribution in [2.24, 2.45) is 7.05 Å². The molecule has 0 bridgehead atoms. The summed E-state index contributed by atoms with van der Waals surface area (Å²) in [5.74, 6) is 1.50. The van der Waals surface area contributed by atoms with Crippen LogP contribution >= 0.6 is 0 Å². The minimum Gasteiger partial charge on any atom is -0.497 e. The van der Waals surface area contributed by atoms with E-state index in [1.807, 2.05) is 30.9 Å². The van der Waals surface area contributed by atoms with Crippen LogP contribution in [0.1, 0.15) is 54.8 Å². The van der Waals surface area contributed by atoms with Gasteiger partial charge in [-0.3, -0.25) is 9.36 Å². The van der Waals surface area contributed by atoms with Gasteiger partial charge < -0.3 is 9.64 Å². The number of carbonyl (C=O) groups excluding carboxylic acids is 1. The first-order valence-corrected chi connectivity index (χ1v) is 9.01. The van der Waals surface area contributed by atoms with E-state index in [1.54, 1.807) is 30.9 Å². The van der Waals surface area contributed by atoms with Crippen LogP contribution < -0.4 is 10.4 Å². The van der Waals surface area contributed by atoms with Crippen molar-refractivity contribution < 1.29 is 9.53 Å². The number of rotatable bonds is 4. The van der Waals surface area contributed by atoms with Gasteiger partial charge in [0.05, 0.1) is 7.11 Å². The van der Waals surface area contributed by atoms with Crippen molar-refractivity contribution in [3.8, 4) is 5.75 Å². The molecule has 1 aromatic heterocycles. The highest BCUT2D eigenvalue weighted by Crippen LogP contribution is 2.27. The minimum absolute atomic E-state index is 0.0111. The number of aryl methyl sites for hydroxylation is 1. The van der Waals surface area contributed by atoms with Crippen LogP contribution in [0.4, 0.5) is 0 Å². The van der Waals surface area contributed by atoms with Gasteiger partial charge in [-0.2, -0.15) is 5.10 Å². The maximum absolute atomic E-state index is 12.9. The molecule has 2 heterocycles. The van der Waals surface area contributed by atoms with Crippen molar-refractivity contribution >= 4 is 5.91 Å². The molecule has 7 heteroatoms. The topological polar surface area (TPSA) is 69.4 Å². The van der Waals surface area contributed by atoms with Crippen molar-refractivity contribution in [2.75, 3.05) is 20.2 Å². The second-order valence-corrected chi connectivity index (χ2v) is 7.05. The van der Waals surface area contributed by atoms with E-state index in [0.717, 1.165) is 18.7 Å². The number of carbonyl (C=O) groups is 1. The molecule has 0 N–H and O–H groups in total. The fourth-order valence-corrected chi connectivity index (χ4v) is 3.57. The molecule has 0 saturated carbocycles. The number of piperidine rings is 1. The quantitative estimate of drug-likeness (QED) is 0.840. The van der Waals surface area contributed by atoms with Gasteiger partial charge >= 0.3 is 5.69 Å². The van der Waals surface area contributed by atoms with Gasteiger partial charge in [0, 0.05) is 37.7 Å². The van der Waals surface area contributed by atoms with Crippen LogP contribution in [-0.2, 0) is 7.05 Å². The number of amides is 1. The van der Waals surface area contributed by atoms with Crippen molar-refractivity contribution in [1.82, 2.24) is 19.2 Å². The van der Waals surface area contributed by atoms with Crippen LogP contribution in [0.2, 0.25) is 0 Å². The first-order chi connectivity index (χ1) is 12.4. The number of methoxy groups -OCH3 is 1. The fourth-order valence-electron chi connectivity index (χ4n) is 3.57. The Balaban J connectivity index is 1.85. The zero-order valence-corrected chi connectivity index (χ0v) is 15.8. The third-order valence-corrected chi connectivity index (χ3v) is 4.89. The van der Waals surface area contributed by atoms with Crippen LogP contribution in [0.25, 0.3) is 0 Å². The summed E-state index contributed by atoms with van der Waals surface area (Å²) in [7, 11) is 3.26.